The third kappa shape index (κ3) is 3.64. The quantitative estimate of drug-likeness (QED) is 0.612. The molecule has 7 nitrogen and oxygen atoms in total. The molecule has 0 aliphatic carbocycles. The van der Waals surface area contributed by atoms with Crippen molar-refractivity contribution < 1.29 is 18.6 Å². The van der Waals surface area contributed by atoms with Crippen LogP contribution in [0.2, 0.25) is 5.02 Å². The van der Waals surface area contributed by atoms with Gasteiger partial charge < -0.3 is 19.9 Å². The summed E-state index contributed by atoms with van der Waals surface area (Å²) in [6, 6.07) is 11.8. The van der Waals surface area contributed by atoms with E-state index in [4.69, 9.17) is 31.5 Å². The number of ether oxygens (including phenoxy) is 3. The molecule has 2 aromatic carbocycles. The van der Waals surface area contributed by atoms with E-state index in [-0.39, 0.29) is 34.7 Å². The van der Waals surface area contributed by atoms with Gasteiger partial charge in [-0.05, 0) is 30.7 Å². The van der Waals surface area contributed by atoms with Crippen molar-refractivity contribution >= 4 is 11.6 Å². The van der Waals surface area contributed by atoms with E-state index >= 15 is 0 Å². The molecule has 1 aromatic heterocycles. The highest BCUT2D eigenvalue weighted by atomic mass is 35.5. The Kier molecular flexibility index (Phi) is 5.44. The lowest BCUT2D eigenvalue weighted by atomic mass is 9.84. The van der Waals surface area contributed by atoms with E-state index in [0.717, 1.165) is 5.69 Å². The number of aromatic nitrogens is 2. The first-order valence-electron chi connectivity index (χ1n) is 9.30. The van der Waals surface area contributed by atoms with Crippen LogP contribution in [0.5, 0.6) is 17.4 Å². The maximum absolute atomic E-state index is 13.9. The number of nitrogens with one attached hydrogen (secondary N) is 1. The highest BCUT2D eigenvalue weighted by molar-refractivity contribution is 6.32. The molecular weight excluding hydrogens is 423 g/mol. The van der Waals surface area contributed by atoms with Crippen LogP contribution in [0.3, 0.4) is 0 Å². The second-order valence-electron chi connectivity index (χ2n) is 6.91. The summed E-state index contributed by atoms with van der Waals surface area (Å²) < 4.78 is 30.7. The summed E-state index contributed by atoms with van der Waals surface area (Å²) in [5, 5.41) is 16.9. The van der Waals surface area contributed by atoms with Crippen molar-refractivity contribution in [1.29, 1.82) is 5.26 Å². The van der Waals surface area contributed by atoms with Crippen LogP contribution in [0.15, 0.2) is 47.9 Å². The second-order valence-corrected chi connectivity index (χ2v) is 7.31. The second kappa shape index (κ2) is 8.20. The van der Waals surface area contributed by atoms with Crippen LogP contribution >= 0.6 is 11.6 Å². The van der Waals surface area contributed by atoms with Gasteiger partial charge in [0.25, 0.3) is 0 Å². The van der Waals surface area contributed by atoms with Gasteiger partial charge in [-0.1, -0.05) is 29.8 Å². The van der Waals surface area contributed by atoms with Crippen molar-refractivity contribution in [3.05, 3.63) is 81.1 Å². The number of H-pyrrole nitrogens is 1. The van der Waals surface area contributed by atoms with Crippen LogP contribution in [0.25, 0.3) is 0 Å². The lowest BCUT2D eigenvalue weighted by molar-refractivity contribution is 0.279. The third-order valence-electron chi connectivity index (χ3n) is 5.04. The number of hydrogen-bond donors (Lipinski definition) is 2. The molecule has 4 rings (SSSR count). The summed E-state index contributed by atoms with van der Waals surface area (Å²) in [5.74, 6) is -0.0553. The first-order chi connectivity index (χ1) is 14.9. The van der Waals surface area contributed by atoms with Crippen LogP contribution in [0.4, 0.5) is 4.39 Å². The van der Waals surface area contributed by atoms with Crippen molar-refractivity contribution in [1.82, 2.24) is 10.2 Å². The minimum Gasteiger partial charge on any atom is -0.493 e. The number of aryl methyl sites for hydroxylation is 1. The minimum atomic E-state index is -0.556. The number of methoxy groups -OCH3 is 1. The summed E-state index contributed by atoms with van der Waals surface area (Å²) in [6.07, 6.45) is 0. The van der Waals surface area contributed by atoms with Gasteiger partial charge in [0.1, 0.15) is 24.1 Å². The molecular formula is C22H18ClFN4O3. The Morgan fingerprint density at radius 2 is 2.13 bits per heavy atom. The maximum Gasteiger partial charge on any atom is 0.244 e. The summed E-state index contributed by atoms with van der Waals surface area (Å²) in [6.45, 7) is 1.80. The number of benzene rings is 2. The van der Waals surface area contributed by atoms with Crippen molar-refractivity contribution in [3.8, 4) is 23.4 Å². The largest absolute Gasteiger partial charge is 0.493 e. The van der Waals surface area contributed by atoms with E-state index in [1.165, 1.54) is 13.2 Å². The van der Waals surface area contributed by atoms with Crippen LogP contribution in [0.1, 0.15) is 28.3 Å². The average molecular weight is 441 g/mol. The number of nitrogens with two attached hydrogens (primary N) is 1. The average Bonchev–Trinajstić information content (AvgIpc) is 3.12. The van der Waals surface area contributed by atoms with Gasteiger partial charge in [-0.25, -0.2) is 4.39 Å². The van der Waals surface area contributed by atoms with E-state index in [2.05, 4.69) is 16.3 Å². The predicted molar refractivity (Wildman–Crippen MR) is 111 cm³/mol. The zero-order valence-electron chi connectivity index (χ0n) is 16.7. The predicted octanol–water partition coefficient (Wildman–Crippen LogP) is 4.32. The summed E-state index contributed by atoms with van der Waals surface area (Å²) in [7, 11) is 1.47. The Hall–Kier alpha value is -3.70. The minimum absolute atomic E-state index is 0.0264. The molecule has 0 unspecified atom stereocenters. The van der Waals surface area contributed by atoms with Gasteiger partial charge in [-0.15, -0.1) is 5.10 Å². The van der Waals surface area contributed by atoms with Crippen molar-refractivity contribution in [3.63, 3.8) is 0 Å². The number of rotatable bonds is 5. The summed E-state index contributed by atoms with van der Waals surface area (Å²) in [5.41, 5.74) is 8.64. The molecule has 1 aliphatic heterocycles. The Labute approximate surface area is 182 Å². The van der Waals surface area contributed by atoms with E-state index in [1.807, 2.05) is 6.92 Å². The molecule has 158 valence electrons. The molecule has 1 aliphatic rings. The zero-order valence-corrected chi connectivity index (χ0v) is 17.5. The normalized spacial score (nSPS) is 15.1. The molecule has 1 atom stereocenters. The molecule has 0 saturated heterocycles. The monoisotopic (exact) mass is 440 g/mol. The fourth-order valence-corrected chi connectivity index (χ4v) is 3.82. The summed E-state index contributed by atoms with van der Waals surface area (Å²) in [4.78, 5) is 0. The fraction of sp³-hybridized carbons (Fsp3) is 0.182. The molecule has 0 radical (unpaired) electrons. The lowest BCUT2D eigenvalue weighted by Crippen LogP contribution is -2.21. The topological polar surface area (TPSA) is 106 Å². The SMILES string of the molecule is COc1cc([C@H]2C(C#N)=C(N)Oc3n[nH]c(C)c32)cc(Cl)c1OCc1ccccc1F. The number of halogens is 2. The van der Waals surface area contributed by atoms with Crippen molar-refractivity contribution in [2.75, 3.05) is 7.11 Å². The van der Waals surface area contributed by atoms with Gasteiger partial charge in [-0.3, -0.25) is 5.10 Å². The molecule has 3 N–H and O–H groups in total. The van der Waals surface area contributed by atoms with Gasteiger partial charge in [0.15, 0.2) is 11.5 Å². The molecule has 0 amide bonds. The number of nitrogens with zero attached hydrogens (tertiary/aromatic N) is 2. The van der Waals surface area contributed by atoms with E-state index < -0.39 is 5.92 Å². The highest BCUT2D eigenvalue weighted by Gasteiger charge is 2.35. The Bertz CT molecular complexity index is 1230. The summed E-state index contributed by atoms with van der Waals surface area (Å²) >= 11 is 6.52. The Morgan fingerprint density at radius 3 is 2.84 bits per heavy atom. The molecule has 2 heterocycles. The highest BCUT2D eigenvalue weighted by Crippen LogP contribution is 2.46. The fourth-order valence-electron chi connectivity index (χ4n) is 3.54. The van der Waals surface area contributed by atoms with Crippen molar-refractivity contribution in [2.45, 2.75) is 19.4 Å². The van der Waals surface area contributed by atoms with Gasteiger partial charge in [-0.2, -0.15) is 5.26 Å². The molecule has 3 aromatic rings. The molecule has 9 heteroatoms. The van der Waals surface area contributed by atoms with Crippen LogP contribution < -0.4 is 19.9 Å². The van der Waals surface area contributed by atoms with Crippen LogP contribution in [-0.4, -0.2) is 17.3 Å². The number of fused-ring (bicyclic) bond motifs is 1. The molecule has 0 spiro atoms. The molecule has 0 bridgehead atoms. The smallest absolute Gasteiger partial charge is 0.244 e. The molecule has 0 saturated carbocycles. The first kappa shape index (κ1) is 20.6. The van der Waals surface area contributed by atoms with Gasteiger partial charge in [0, 0.05) is 16.8 Å². The van der Waals surface area contributed by atoms with Crippen molar-refractivity contribution in [2.24, 2.45) is 5.73 Å². The van der Waals surface area contributed by atoms with E-state index in [0.29, 0.717) is 28.3 Å². The zero-order chi connectivity index (χ0) is 22.1. The van der Waals surface area contributed by atoms with Gasteiger partial charge in [0.2, 0.25) is 11.8 Å². The van der Waals surface area contributed by atoms with Crippen LogP contribution in [0, 0.1) is 24.1 Å². The Morgan fingerprint density at radius 1 is 1.35 bits per heavy atom. The standard InChI is InChI=1S/C22H18ClFN4O3/c1-11-18-19(14(9-25)21(26)31-22(18)28-27-11)13-7-15(23)20(17(8-13)29-2)30-10-12-5-3-4-6-16(12)24/h3-8,19H,10,26H2,1-2H3,(H,27,28)/t19-/m0/s1. The molecule has 0 fully saturated rings. The van der Waals surface area contributed by atoms with Crippen LogP contribution in [-0.2, 0) is 6.61 Å². The van der Waals surface area contributed by atoms with E-state index in [9.17, 15) is 9.65 Å². The van der Waals surface area contributed by atoms with Gasteiger partial charge >= 0.3 is 0 Å². The number of nitriles is 1. The molecule has 31 heavy (non-hydrogen) atoms. The lowest BCUT2D eigenvalue weighted by Gasteiger charge is -2.24. The Balaban J connectivity index is 1.75. The maximum atomic E-state index is 13.9. The van der Waals surface area contributed by atoms with Gasteiger partial charge in [0.05, 0.1) is 18.1 Å². The first-order valence-corrected chi connectivity index (χ1v) is 9.68. The number of aromatic amines is 1. The van der Waals surface area contributed by atoms with E-state index in [1.54, 1.807) is 30.3 Å². The third-order valence-corrected chi connectivity index (χ3v) is 5.33. The number of allylic oxidation sites excluding steroid dienone is 1. The number of hydrogen-bond acceptors (Lipinski definition) is 6.